The van der Waals surface area contributed by atoms with Crippen LogP contribution in [0.3, 0.4) is 0 Å². The number of pyridine rings is 1. The van der Waals surface area contributed by atoms with E-state index in [1.165, 1.54) is 12.1 Å². The van der Waals surface area contributed by atoms with Gasteiger partial charge in [0.25, 0.3) is 5.91 Å². The Hall–Kier alpha value is -2.80. The number of amides is 2. The first-order valence-corrected chi connectivity index (χ1v) is 10.5. The van der Waals surface area contributed by atoms with Crippen LogP contribution in [0, 0.1) is 5.82 Å². The summed E-state index contributed by atoms with van der Waals surface area (Å²) in [6.07, 6.45) is 4.39. The maximum Gasteiger partial charge on any atom is 0.255 e. The minimum atomic E-state index is -0.272. The van der Waals surface area contributed by atoms with Crippen molar-refractivity contribution in [2.24, 2.45) is 0 Å². The van der Waals surface area contributed by atoms with Gasteiger partial charge >= 0.3 is 0 Å². The van der Waals surface area contributed by atoms with Gasteiger partial charge in [0.1, 0.15) is 5.82 Å². The Morgan fingerprint density at radius 1 is 1.07 bits per heavy atom. The smallest absolute Gasteiger partial charge is 0.255 e. The fourth-order valence-corrected chi connectivity index (χ4v) is 4.10. The molecular formula is C23H26FN3O3. The van der Waals surface area contributed by atoms with Crippen LogP contribution < -0.4 is 0 Å². The summed E-state index contributed by atoms with van der Waals surface area (Å²) in [5.74, 6) is -0.223. The van der Waals surface area contributed by atoms with E-state index in [4.69, 9.17) is 4.74 Å². The van der Waals surface area contributed by atoms with Gasteiger partial charge in [-0.25, -0.2) is 4.39 Å². The van der Waals surface area contributed by atoms with E-state index in [1.807, 2.05) is 11.0 Å². The molecule has 0 saturated carbocycles. The van der Waals surface area contributed by atoms with E-state index in [1.54, 1.807) is 29.3 Å². The van der Waals surface area contributed by atoms with Crippen LogP contribution in [0.2, 0.25) is 0 Å². The summed E-state index contributed by atoms with van der Waals surface area (Å²) >= 11 is 0. The molecule has 1 aromatic heterocycles. The number of morpholine rings is 1. The average Bonchev–Trinajstić information content (AvgIpc) is 3.29. The number of benzene rings is 1. The molecule has 6 nitrogen and oxygen atoms in total. The summed E-state index contributed by atoms with van der Waals surface area (Å²) < 4.78 is 18.3. The molecule has 158 valence electrons. The Bertz CT molecular complexity index is 880. The largest absolute Gasteiger partial charge is 0.378 e. The second kappa shape index (κ2) is 9.34. The molecule has 3 heterocycles. The highest BCUT2D eigenvalue weighted by Gasteiger charge is 2.30. The molecule has 0 radical (unpaired) electrons. The standard InChI is InChI=1S/C23H26FN3O3/c24-19-7-3-17(4-8-19)5-10-22(28)27-11-1-2-21(27)20-9-6-18(16-25-20)23(29)26-12-14-30-15-13-26/h3-4,6-9,16,21H,1-2,5,10-15H2/t21-/m0/s1. The van der Waals surface area contributed by atoms with E-state index in [9.17, 15) is 14.0 Å². The lowest BCUT2D eigenvalue weighted by Gasteiger charge is -2.27. The molecule has 1 aromatic carbocycles. The van der Waals surface area contributed by atoms with Gasteiger partial charge in [0.2, 0.25) is 5.91 Å². The summed E-state index contributed by atoms with van der Waals surface area (Å²) in [7, 11) is 0. The van der Waals surface area contributed by atoms with Crippen molar-refractivity contribution in [3.63, 3.8) is 0 Å². The second-order valence-corrected chi connectivity index (χ2v) is 7.75. The molecule has 2 amide bonds. The van der Waals surface area contributed by atoms with E-state index in [-0.39, 0.29) is 23.7 Å². The number of halogens is 1. The molecular weight excluding hydrogens is 385 g/mol. The summed E-state index contributed by atoms with van der Waals surface area (Å²) in [5, 5.41) is 0. The van der Waals surface area contributed by atoms with Crippen molar-refractivity contribution in [1.29, 1.82) is 0 Å². The maximum atomic E-state index is 13.0. The molecule has 30 heavy (non-hydrogen) atoms. The quantitative estimate of drug-likeness (QED) is 0.759. The molecule has 1 atom stereocenters. The first-order valence-electron chi connectivity index (χ1n) is 10.5. The predicted octanol–water partition coefficient (Wildman–Crippen LogP) is 2.99. The molecule has 4 rings (SSSR count). The van der Waals surface area contributed by atoms with Crippen LogP contribution in [0.1, 0.15) is 46.9 Å². The van der Waals surface area contributed by atoms with Crippen molar-refractivity contribution in [2.75, 3.05) is 32.8 Å². The highest BCUT2D eigenvalue weighted by molar-refractivity contribution is 5.94. The van der Waals surface area contributed by atoms with Crippen molar-refractivity contribution >= 4 is 11.8 Å². The highest BCUT2D eigenvalue weighted by Crippen LogP contribution is 2.31. The van der Waals surface area contributed by atoms with Crippen molar-refractivity contribution < 1.29 is 18.7 Å². The van der Waals surface area contributed by atoms with Gasteiger partial charge in [0.05, 0.1) is 30.5 Å². The van der Waals surface area contributed by atoms with E-state index in [2.05, 4.69) is 4.98 Å². The Labute approximate surface area is 175 Å². The average molecular weight is 411 g/mol. The summed E-state index contributed by atoms with van der Waals surface area (Å²) in [4.78, 5) is 33.6. The molecule has 2 saturated heterocycles. The summed E-state index contributed by atoms with van der Waals surface area (Å²) in [5.41, 5.74) is 2.33. The highest BCUT2D eigenvalue weighted by atomic mass is 19.1. The molecule has 0 unspecified atom stereocenters. The van der Waals surface area contributed by atoms with Crippen LogP contribution in [0.4, 0.5) is 4.39 Å². The Kier molecular flexibility index (Phi) is 6.38. The van der Waals surface area contributed by atoms with Gasteiger partial charge < -0.3 is 14.5 Å². The van der Waals surface area contributed by atoms with Gasteiger partial charge in [0.15, 0.2) is 0 Å². The van der Waals surface area contributed by atoms with Crippen LogP contribution in [0.15, 0.2) is 42.6 Å². The van der Waals surface area contributed by atoms with Gasteiger partial charge in [-0.15, -0.1) is 0 Å². The van der Waals surface area contributed by atoms with Gasteiger partial charge in [0, 0.05) is 32.3 Å². The third-order valence-electron chi connectivity index (χ3n) is 5.79. The van der Waals surface area contributed by atoms with E-state index >= 15 is 0 Å². The van der Waals surface area contributed by atoms with Gasteiger partial charge in [-0.2, -0.15) is 0 Å². The third-order valence-corrected chi connectivity index (χ3v) is 5.79. The number of nitrogens with zero attached hydrogens (tertiary/aromatic N) is 3. The minimum Gasteiger partial charge on any atom is -0.378 e. The zero-order chi connectivity index (χ0) is 20.9. The molecule has 0 aliphatic carbocycles. The molecule has 2 aromatic rings. The molecule has 7 heteroatoms. The number of carbonyl (C=O) groups excluding carboxylic acids is 2. The van der Waals surface area contributed by atoms with E-state index in [0.717, 1.165) is 24.1 Å². The van der Waals surface area contributed by atoms with Crippen molar-refractivity contribution in [1.82, 2.24) is 14.8 Å². The number of rotatable bonds is 5. The Morgan fingerprint density at radius 2 is 1.83 bits per heavy atom. The molecule has 2 aliphatic rings. The van der Waals surface area contributed by atoms with Crippen LogP contribution in [-0.4, -0.2) is 59.4 Å². The monoisotopic (exact) mass is 411 g/mol. The van der Waals surface area contributed by atoms with Crippen LogP contribution in [-0.2, 0) is 16.0 Å². The third kappa shape index (κ3) is 4.67. The molecule has 2 aliphatic heterocycles. The first kappa shape index (κ1) is 20.5. The lowest BCUT2D eigenvalue weighted by atomic mass is 10.1. The van der Waals surface area contributed by atoms with E-state index in [0.29, 0.717) is 51.3 Å². The lowest BCUT2D eigenvalue weighted by Crippen LogP contribution is -2.40. The zero-order valence-corrected chi connectivity index (χ0v) is 16.9. The second-order valence-electron chi connectivity index (χ2n) is 7.75. The summed E-state index contributed by atoms with van der Waals surface area (Å²) in [6, 6.07) is 9.89. The number of ether oxygens (including phenoxy) is 1. The van der Waals surface area contributed by atoms with Crippen molar-refractivity contribution in [2.45, 2.75) is 31.7 Å². The molecule has 2 fully saturated rings. The van der Waals surface area contributed by atoms with Gasteiger partial charge in [-0.3, -0.25) is 14.6 Å². The van der Waals surface area contributed by atoms with Crippen molar-refractivity contribution in [3.05, 3.63) is 65.2 Å². The van der Waals surface area contributed by atoms with Crippen LogP contribution in [0.25, 0.3) is 0 Å². The number of carbonyl (C=O) groups is 2. The Morgan fingerprint density at radius 3 is 2.53 bits per heavy atom. The zero-order valence-electron chi connectivity index (χ0n) is 16.9. The Balaban J connectivity index is 1.38. The summed E-state index contributed by atoms with van der Waals surface area (Å²) in [6.45, 7) is 3.03. The van der Waals surface area contributed by atoms with Gasteiger partial charge in [-0.05, 0) is 49.1 Å². The van der Waals surface area contributed by atoms with Crippen LogP contribution in [0.5, 0.6) is 0 Å². The predicted molar refractivity (Wildman–Crippen MR) is 109 cm³/mol. The molecule has 0 bridgehead atoms. The minimum absolute atomic E-state index is 0.0315. The lowest BCUT2D eigenvalue weighted by molar-refractivity contribution is -0.132. The number of hydrogen-bond donors (Lipinski definition) is 0. The maximum absolute atomic E-state index is 13.0. The number of hydrogen-bond acceptors (Lipinski definition) is 4. The van der Waals surface area contributed by atoms with Gasteiger partial charge in [-0.1, -0.05) is 12.1 Å². The molecule has 0 N–H and O–H groups in total. The molecule has 0 spiro atoms. The number of aryl methyl sites for hydroxylation is 1. The number of aromatic nitrogens is 1. The van der Waals surface area contributed by atoms with Crippen LogP contribution >= 0.6 is 0 Å². The van der Waals surface area contributed by atoms with E-state index < -0.39 is 0 Å². The fourth-order valence-electron chi connectivity index (χ4n) is 4.10. The number of likely N-dealkylation sites (tertiary alicyclic amines) is 1. The normalized spacial score (nSPS) is 19.2. The first-order chi connectivity index (χ1) is 14.6. The topological polar surface area (TPSA) is 62.7 Å². The van der Waals surface area contributed by atoms with Crippen molar-refractivity contribution in [3.8, 4) is 0 Å². The fraction of sp³-hybridized carbons (Fsp3) is 0.435. The SMILES string of the molecule is O=C(c1ccc([C@@H]2CCCN2C(=O)CCc2ccc(F)cc2)nc1)N1CCOCC1.